The SMILES string of the molecule is O=C(OCc1ccccc1C(=O)Cl)c1ccccc1. The van der Waals surface area contributed by atoms with E-state index in [1.807, 2.05) is 6.07 Å². The number of carbonyl (C=O) groups excluding carboxylic acids is 2. The summed E-state index contributed by atoms with van der Waals surface area (Å²) < 4.78 is 5.16. The average molecular weight is 275 g/mol. The maximum absolute atomic E-state index is 11.8. The Morgan fingerprint density at radius 1 is 0.947 bits per heavy atom. The van der Waals surface area contributed by atoms with Gasteiger partial charge >= 0.3 is 5.97 Å². The van der Waals surface area contributed by atoms with Crippen molar-refractivity contribution >= 4 is 22.8 Å². The fraction of sp³-hybridized carbons (Fsp3) is 0.0667. The van der Waals surface area contributed by atoms with Crippen LogP contribution in [0.5, 0.6) is 0 Å². The molecule has 0 aliphatic heterocycles. The van der Waals surface area contributed by atoms with Crippen LogP contribution in [-0.4, -0.2) is 11.2 Å². The second-order valence-electron chi connectivity index (χ2n) is 3.87. The van der Waals surface area contributed by atoms with Gasteiger partial charge in [0, 0.05) is 11.1 Å². The molecule has 0 atom stereocenters. The topological polar surface area (TPSA) is 43.4 Å². The molecule has 0 bridgehead atoms. The van der Waals surface area contributed by atoms with Crippen molar-refractivity contribution in [2.24, 2.45) is 0 Å². The number of ether oxygens (including phenoxy) is 1. The first kappa shape index (κ1) is 13.3. The van der Waals surface area contributed by atoms with E-state index in [-0.39, 0.29) is 6.61 Å². The minimum Gasteiger partial charge on any atom is -0.457 e. The Morgan fingerprint density at radius 2 is 1.58 bits per heavy atom. The molecule has 96 valence electrons. The monoisotopic (exact) mass is 274 g/mol. The molecular weight excluding hydrogens is 264 g/mol. The summed E-state index contributed by atoms with van der Waals surface area (Å²) in [5.41, 5.74) is 1.41. The fourth-order valence-electron chi connectivity index (χ4n) is 1.64. The Morgan fingerprint density at radius 3 is 2.26 bits per heavy atom. The molecule has 0 saturated carbocycles. The lowest BCUT2D eigenvalue weighted by atomic mass is 10.1. The molecule has 0 saturated heterocycles. The van der Waals surface area contributed by atoms with Gasteiger partial charge in [-0.15, -0.1) is 0 Å². The van der Waals surface area contributed by atoms with Crippen molar-refractivity contribution in [3.63, 3.8) is 0 Å². The molecule has 19 heavy (non-hydrogen) atoms. The molecule has 4 heteroatoms. The summed E-state index contributed by atoms with van der Waals surface area (Å²) in [6.45, 7) is 0.0162. The van der Waals surface area contributed by atoms with Gasteiger partial charge < -0.3 is 4.74 Å². The largest absolute Gasteiger partial charge is 0.457 e. The standard InChI is InChI=1S/C15H11ClO3/c16-14(17)13-9-5-4-8-12(13)10-19-15(18)11-6-2-1-3-7-11/h1-9H,10H2. The third-order valence-electron chi connectivity index (χ3n) is 2.60. The molecular formula is C15H11ClO3. The first-order chi connectivity index (χ1) is 9.18. The number of hydrogen-bond donors (Lipinski definition) is 0. The van der Waals surface area contributed by atoms with E-state index in [9.17, 15) is 9.59 Å². The van der Waals surface area contributed by atoms with Gasteiger partial charge in [-0.25, -0.2) is 4.79 Å². The van der Waals surface area contributed by atoms with E-state index in [0.717, 1.165) is 0 Å². The zero-order chi connectivity index (χ0) is 13.7. The Balaban J connectivity index is 2.07. The predicted octanol–water partition coefficient (Wildman–Crippen LogP) is 3.42. The molecule has 0 amide bonds. The van der Waals surface area contributed by atoms with Crippen LogP contribution in [0.25, 0.3) is 0 Å². The summed E-state index contributed by atoms with van der Waals surface area (Å²) in [5.74, 6) is -0.433. The molecule has 0 fully saturated rings. The van der Waals surface area contributed by atoms with E-state index in [1.54, 1.807) is 48.5 Å². The Hall–Kier alpha value is -2.13. The lowest BCUT2D eigenvalue weighted by Crippen LogP contribution is -2.07. The van der Waals surface area contributed by atoms with Crippen molar-refractivity contribution < 1.29 is 14.3 Å². The van der Waals surface area contributed by atoms with E-state index < -0.39 is 11.2 Å². The quantitative estimate of drug-likeness (QED) is 0.634. The molecule has 2 rings (SSSR count). The maximum Gasteiger partial charge on any atom is 0.338 e. The van der Waals surface area contributed by atoms with Crippen LogP contribution in [0, 0.1) is 0 Å². The molecule has 0 aliphatic carbocycles. The molecule has 0 aliphatic rings. The van der Waals surface area contributed by atoms with Crippen molar-refractivity contribution in [3.05, 3.63) is 71.3 Å². The first-order valence-electron chi connectivity index (χ1n) is 5.68. The Labute approximate surface area is 115 Å². The number of carbonyl (C=O) groups is 2. The predicted molar refractivity (Wildman–Crippen MR) is 72.2 cm³/mol. The highest BCUT2D eigenvalue weighted by atomic mass is 35.5. The van der Waals surface area contributed by atoms with E-state index in [2.05, 4.69) is 0 Å². The van der Waals surface area contributed by atoms with Crippen molar-refractivity contribution in [1.82, 2.24) is 0 Å². The zero-order valence-corrected chi connectivity index (χ0v) is 10.8. The summed E-state index contributed by atoms with van der Waals surface area (Å²) in [7, 11) is 0. The molecule has 2 aromatic rings. The first-order valence-corrected chi connectivity index (χ1v) is 6.06. The summed E-state index contributed by atoms with van der Waals surface area (Å²) in [5, 5.41) is -0.564. The van der Waals surface area contributed by atoms with E-state index in [4.69, 9.17) is 16.3 Å². The molecule has 0 spiro atoms. The maximum atomic E-state index is 11.8. The number of halogens is 1. The number of benzene rings is 2. The number of esters is 1. The third-order valence-corrected chi connectivity index (χ3v) is 2.80. The van der Waals surface area contributed by atoms with Crippen LogP contribution in [0.1, 0.15) is 26.3 Å². The summed E-state index contributed by atoms with van der Waals surface area (Å²) >= 11 is 5.46. The molecule has 2 aromatic carbocycles. The van der Waals surface area contributed by atoms with Gasteiger partial charge in [-0.05, 0) is 29.8 Å². The lowest BCUT2D eigenvalue weighted by molar-refractivity contribution is 0.0471. The van der Waals surface area contributed by atoms with E-state index >= 15 is 0 Å². The molecule has 0 unspecified atom stereocenters. The molecule has 0 N–H and O–H groups in total. The summed E-state index contributed by atoms with van der Waals surface area (Å²) in [6.07, 6.45) is 0. The second kappa shape index (κ2) is 6.16. The van der Waals surface area contributed by atoms with E-state index in [1.165, 1.54) is 0 Å². The third kappa shape index (κ3) is 3.42. The molecule has 3 nitrogen and oxygen atoms in total. The van der Waals surface area contributed by atoms with Gasteiger partial charge in [-0.3, -0.25) is 4.79 Å². The van der Waals surface area contributed by atoms with Crippen molar-refractivity contribution in [1.29, 1.82) is 0 Å². The van der Waals surface area contributed by atoms with Gasteiger partial charge in [-0.2, -0.15) is 0 Å². The highest BCUT2D eigenvalue weighted by Crippen LogP contribution is 2.13. The van der Waals surface area contributed by atoms with Crippen molar-refractivity contribution in [2.45, 2.75) is 6.61 Å². The van der Waals surface area contributed by atoms with Gasteiger partial charge in [0.25, 0.3) is 5.24 Å². The highest BCUT2D eigenvalue weighted by Gasteiger charge is 2.11. The lowest BCUT2D eigenvalue weighted by Gasteiger charge is -2.07. The summed E-state index contributed by atoms with van der Waals surface area (Å²) in [6, 6.07) is 15.4. The minimum atomic E-state index is -0.564. The van der Waals surface area contributed by atoms with Crippen LogP contribution in [0.15, 0.2) is 54.6 Å². The minimum absolute atomic E-state index is 0.0162. The Kier molecular flexibility index (Phi) is 4.31. The van der Waals surface area contributed by atoms with Crippen LogP contribution in [-0.2, 0) is 11.3 Å². The average Bonchev–Trinajstić information content (AvgIpc) is 2.46. The van der Waals surface area contributed by atoms with Gasteiger partial charge in [0.15, 0.2) is 0 Å². The Bertz CT molecular complexity index is 593. The van der Waals surface area contributed by atoms with Crippen LogP contribution in [0.3, 0.4) is 0 Å². The van der Waals surface area contributed by atoms with Gasteiger partial charge in [0.2, 0.25) is 0 Å². The van der Waals surface area contributed by atoms with Gasteiger partial charge in [0.1, 0.15) is 6.61 Å². The zero-order valence-electron chi connectivity index (χ0n) is 10.0. The molecule has 0 heterocycles. The van der Waals surface area contributed by atoms with Crippen LogP contribution < -0.4 is 0 Å². The van der Waals surface area contributed by atoms with Crippen LogP contribution >= 0.6 is 11.6 Å². The fourth-order valence-corrected chi connectivity index (χ4v) is 1.82. The van der Waals surface area contributed by atoms with Crippen LogP contribution in [0.2, 0.25) is 0 Å². The van der Waals surface area contributed by atoms with E-state index in [0.29, 0.717) is 16.7 Å². The molecule has 0 aromatic heterocycles. The number of rotatable bonds is 4. The van der Waals surface area contributed by atoms with Gasteiger partial charge in [-0.1, -0.05) is 36.4 Å². The van der Waals surface area contributed by atoms with Crippen molar-refractivity contribution in [3.8, 4) is 0 Å². The van der Waals surface area contributed by atoms with Gasteiger partial charge in [0.05, 0.1) is 5.56 Å². The smallest absolute Gasteiger partial charge is 0.338 e. The number of hydrogen-bond acceptors (Lipinski definition) is 3. The van der Waals surface area contributed by atoms with Crippen molar-refractivity contribution in [2.75, 3.05) is 0 Å². The summed E-state index contributed by atoms with van der Waals surface area (Å²) in [4.78, 5) is 23.0. The van der Waals surface area contributed by atoms with Crippen LogP contribution in [0.4, 0.5) is 0 Å². The highest BCUT2D eigenvalue weighted by molar-refractivity contribution is 6.67. The molecule has 0 radical (unpaired) electrons. The normalized spacial score (nSPS) is 9.95. The second-order valence-corrected chi connectivity index (χ2v) is 4.22.